The van der Waals surface area contributed by atoms with Gasteiger partial charge in [0.15, 0.2) is 0 Å². The van der Waals surface area contributed by atoms with Crippen LogP contribution in [0.1, 0.15) is 30.7 Å². The molecule has 2 aromatic carbocycles. The van der Waals surface area contributed by atoms with E-state index < -0.39 is 10.0 Å². The summed E-state index contributed by atoms with van der Waals surface area (Å²) in [6.07, 6.45) is 3.57. The molecule has 2 aromatic rings. The van der Waals surface area contributed by atoms with E-state index >= 15 is 0 Å². The van der Waals surface area contributed by atoms with E-state index in [1.807, 2.05) is 40.8 Å². The van der Waals surface area contributed by atoms with Crippen LogP contribution in [0.25, 0.3) is 5.70 Å². The normalized spacial score (nSPS) is 19.1. The molecule has 2 N–H and O–H groups in total. The maximum Gasteiger partial charge on any atom is 0.317 e. The van der Waals surface area contributed by atoms with Crippen LogP contribution >= 0.6 is 11.6 Å². The lowest BCUT2D eigenvalue weighted by Gasteiger charge is -2.31. The van der Waals surface area contributed by atoms with Crippen LogP contribution in [-0.2, 0) is 24.3 Å². The molecular formula is C28H35ClN5O5S+. The molecule has 5 rings (SSSR count). The van der Waals surface area contributed by atoms with Crippen molar-refractivity contribution >= 4 is 50.5 Å². The minimum Gasteiger partial charge on any atom is -0.378 e. The molecule has 0 spiro atoms. The van der Waals surface area contributed by atoms with Crippen LogP contribution in [0.15, 0.2) is 36.4 Å². The Morgan fingerprint density at radius 1 is 1.20 bits per heavy atom. The van der Waals surface area contributed by atoms with Gasteiger partial charge in [0.05, 0.1) is 25.2 Å². The summed E-state index contributed by atoms with van der Waals surface area (Å²) in [5.74, 6) is -0.105. The number of sulfonamides is 1. The Bertz CT molecular complexity index is 1560. The van der Waals surface area contributed by atoms with E-state index in [0.717, 1.165) is 34.7 Å². The van der Waals surface area contributed by atoms with Gasteiger partial charge in [-0.25, -0.2) is 8.42 Å². The van der Waals surface area contributed by atoms with Crippen molar-refractivity contribution in [1.29, 1.82) is 0 Å². The molecule has 1 saturated heterocycles. The van der Waals surface area contributed by atoms with Gasteiger partial charge in [0.1, 0.15) is 11.3 Å². The van der Waals surface area contributed by atoms with Crippen LogP contribution in [-0.4, -0.2) is 84.4 Å². The number of fused-ring (bicyclic) bond motifs is 1. The minimum absolute atomic E-state index is 0.122. The molecule has 1 aliphatic carbocycles. The van der Waals surface area contributed by atoms with E-state index in [1.54, 1.807) is 19.2 Å². The van der Waals surface area contributed by atoms with E-state index in [2.05, 4.69) is 10.6 Å². The van der Waals surface area contributed by atoms with Crippen LogP contribution in [0.3, 0.4) is 0 Å². The fourth-order valence-corrected chi connectivity index (χ4v) is 6.38. The van der Waals surface area contributed by atoms with Crippen molar-refractivity contribution in [3.8, 4) is 0 Å². The third kappa shape index (κ3) is 5.74. The van der Waals surface area contributed by atoms with Crippen molar-refractivity contribution in [2.45, 2.75) is 31.2 Å². The van der Waals surface area contributed by atoms with Crippen LogP contribution < -0.4 is 30.1 Å². The first kappa shape index (κ1) is 28.5. The maximum absolute atomic E-state index is 13.1. The molecule has 3 aliphatic rings. The second kappa shape index (κ2) is 11.5. The molecule has 1 atom stereocenters. The van der Waals surface area contributed by atoms with Crippen molar-refractivity contribution in [2.75, 3.05) is 57.5 Å². The molecule has 2 amide bonds. The number of amides is 2. The highest BCUT2D eigenvalue weighted by Crippen LogP contribution is 2.44. The zero-order chi connectivity index (χ0) is 28.6. The summed E-state index contributed by atoms with van der Waals surface area (Å²) >= 11 is 6.10. The lowest BCUT2D eigenvalue weighted by molar-refractivity contribution is -0.131. The smallest absolute Gasteiger partial charge is 0.317 e. The van der Waals surface area contributed by atoms with Crippen LogP contribution in [0.5, 0.6) is 0 Å². The average molecular weight is 589 g/mol. The first-order chi connectivity index (χ1) is 19.1. The van der Waals surface area contributed by atoms with Gasteiger partial charge in [-0.2, -0.15) is 0 Å². The topological polar surface area (TPSA) is 111 Å². The Labute approximate surface area is 239 Å². The van der Waals surface area contributed by atoms with Gasteiger partial charge in [-0.1, -0.05) is 11.6 Å². The predicted molar refractivity (Wildman–Crippen MR) is 155 cm³/mol. The number of hydrogen-bond acceptors (Lipinski definition) is 6. The molecule has 1 saturated carbocycles. The van der Waals surface area contributed by atoms with E-state index in [1.165, 1.54) is 10.6 Å². The minimum atomic E-state index is -3.63. The van der Waals surface area contributed by atoms with Crippen molar-refractivity contribution in [1.82, 2.24) is 20.1 Å². The monoisotopic (exact) mass is 588 g/mol. The fourth-order valence-electron chi connectivity index (χ4n) is 5.27. The highest BCUT2D eigenvalue weighted by molar-refractivity contribution is 7.92. The Morgan fingerprint density at radius 3 is 2.55 bits per heavy atom. The Balaban J connectivity index is 1.46. The van der Waals surface area contributed by atoms with Gasteiger partial charge in [0.2, 0.25) is 27.0 Å². The highest BCUT2D eigenvalue weighted by Gasteiger charge is 2.38. The number of rotatable bonds is 10. The van der Waals surface area contributed by atoms with Gasteiger partial charge in [-0.05, 0) is 56.0 Å². The largest absolute Gasteiger partial charge is 0.378 e. The Kier molecular flexibility index (Phi) is 8.19. The number of benzene rings is 2. The van der Waals surface area contributed by atoms with Gasteiger partial charge in [0.25, 0.3) is 5.70 Å². The summed E-state index contributed by atoms with van der Waals surface area (Å²) in [7, 11) is -0.151. The second-order valence-corrected chi connectivity index (χ2v) is 12.8. The summed E-state index contributed by atoms with van der Waals surface area (Å²) in [5.41, 5.74) is 2.81. The van der Waals surface area contributed by atoms with E-state index in [-0.39, 0.29) is 30.3 Å². The molecule has 12 heteroatoms. The molecule has 214 valence electrons. The number of likely N-dealkylation sites (N-methyl/N-ethyl adjacent to an activating group) is 2. The number of hydrogen-bond donors (Lipinski definition) is 2. The molecule has 40 heavy (non-hydrogen) atoms. The number of halogens is 1. The van der Waals surface area contributed by atoms with Gasteiger partial charge in [0, 0.05) is 49.9 Å². The second-order valence-electron chi connectivity index (χ2n) is 10.5. The van der Waals surface area contributed by atoms with Crippen LogP contribution in [0, 0.1) is 0 Å². The van der Waals surface area contributed by atoms with E-state index in [9.17, 15) is 18.0 Å². The third-order valence-corrected chi connectivity index (χ3v) is 9.05. The lowest BCUT2D eigenvalue weighted by Crippen LogP contribution is -2.54. The van der Waals surface area contributed by atoms with Gasteiger partial charge >= 0.3 is 5.91 Å². The third-order valence-electron chi connectivity index (χ3n) is 7.61. The summed E-state index contributed by atoms with van der Waals surface area (Å²) in [6.45, 7) is 2.18. The average Bonchev–Trinajstić information content (AvgIpc) is 3.75. The van der Waals surface area contributed by atoms with Gasteiger partial charge in [-0.3, -0.25) is 18.8 Å². The molecule has 2 heterocycles. The molecule has 0 radical (unpaired) electrons. The summed E-state index contributed by atoms with van der Waals surface area (Å²) in [4.78, 5) is 27.5. The highest BCUT2D eigenvalue weighted by atomic mass is 35.5. The van der Waals surface area contributed by atoms with Crippen molar-refractivity contribution < 1.29 is 22.7 Å². The molecular weight excluding hydrogens is 554 g/mol. The number of carbonyl (C=O) groups is 2. The number of carbonyl (C=O) groups excluding carboxylic acids is 2. The first-order valence-corrected chi connectivity index (χ1v) is 15.7. The molecule has 1 unspecified atom stereocenters. The predicted octanol–water partition coefficient (Wildman–Crippen LogP) is 0.511. The maximum atomic E-state index is 13.1. The zero-order valence-electron chi connectivity index (χ0n) is 22.9. The fraction of sp³-hybridized carbons (Fsp3) is 0.464. The summed E-state index contributed by atoms with van der Waals surface area (Å²) in [6, 6.07) is 10.7. The SMILES string of the molecule is CNC(=O)C1=c2cc(C3CC3)c(N(CCCNC(=O)C3COCCN3C)S(C)(=O)=O)cc2=[N+]1c1ccc(Cl)cc1. The summed E-state index contributed by atoms with van der Waals surface area (Å²) < 4.78 is 34.9. The molecule has 2 fully saturated rings. The number of nitrogens with one attached hydrogen (secondary N) is 2. The molecule has 2 aliphatic heterocycles. The number of nitrogens with zero attached hydrogens (tertiary/aromatic N) is 3. The van der Waals surface area contributed by atoms with Crippen LogP contribution in [0.4, 0.5) is 11.4 Å². The van der Waals surface area contributed by atoms with Crippen molar-refractivity contribution in [3.05, 3.63) is 57.6 Å². The number of morpholine rings is 1. The Hall–Kier alpha value is -2.99. The first-order valence-electron chi connectivity index (χ1n) is 13.5. The summed E-state index contributed by atoms with van der Waals surface area (Å²) in [5, 5.41) is 7.77. The van der Waals surface area contributed by atoms with E-state index in [4.69, 9.17) is 16.3 Å². The zero-order valence-corrected chi connectivity index (χ0v) is 24.5. The van der Waals surface area contributed by atoms with E-state index in [0.29, 0.717) is 49.1 Å². The number of ether oxygens (including phenoxy) is 1. The standard InChI is InChI=1S/C28H34ClN5O5S/c1-30-28(36)26-22-15-21(18-5-6-18)23(16-24(22)34(26)20-9-7-19(29)8-10-20)33(40(3,37)38)12-4-11-31-27(35)25-17-39-14-13-32(25)2/h7-10,15-16,18,25H,4-6,11-14,17H2,1-3H3,(H-,30,31,35,36)/p+1. The van der Waals surface area contributed by atoms with Gasteiger partial charge in [-0.15, -0.1) is 4.58 Å². The number of anilines is 1. The van der Waals surface area contributed by atoms with Crippen LogP contribution in [0.2, 0.25) is 5.02 Å². The molecule has 0 aromatic heterocycles. The van der Waals surface area contributed by atoms with Crippen molar-refractivity contribution in [3.63, 3.8) is 0 Å². The van der Waals surface area contributed by atoms with Gasteiger partial charge < -0.3 is 15.4 Å². The molecule has 0 bridgehead atoms. The Morgan fingerprint density at radius 2 is 1.93 bits per heavy atom. The lowest BCUT2D eigenvalue weighted by atomic mass is 10.0. The van der Waals surface area contributed by atoms with Crippen molar-refractivity contribution in [2.24, 2.45) is 0 Å². The quantitative estimate of drug-likeness (QED) is 0.309. The molecule has 10 nitrogen and oxygen atoms in total.